The van der Waals surface area contributed by atoms with Crippen molar-refractivity contribution in [3.63, 3.8) is 0 Å². The number of benzene rings is 1. The molecule has 0 saturated heterocycles. The summed E-state index contributed by atoms with van der Waals surface area (Å²) in [6, 6.07) is 6.44. The fourth-order valence-electron chi connectivity index (χ4n) is 2.17. The summed E-state index contributed by atoms with van der Waals surface area (Å²) in [5.41, 5.74) is 0.529. The minimum atomic E-state index is -2.46. The maximum atomic E-state index is 12.2. The SMILES string of the molecule is O=C(Nc1cccc(SC(F)F)c1)NC1CCCC1. The highest BCUT2D eigenvalue weighted by Gasteiger charge is 2.17. The van der Waals surface area contributed by atoms with E-state index >= 15 is 0 Å². The van der Waals surface area contributed by atoms with E-state index in [2.05, 4.69) is 10.6 Å². The average Bonchev–Trinajstić information content (AvgIpc) is 2.81. The summed E-state index contributed by atoms with van der Waals surface area (Å²) in [5, 5.41) is 5.56. The first-order valence-electron chi connectivity index (χ1n) is 6.26. The number of halogens is 2. The van der Waals surface area contributed by atoms with Gasteiger partial charge in [0.2, 0.25) is 0 Å². The van der Waals surface area contributed by atoms with E-state index < -0.39 is 5.76 Å². The maximum absolute atomic E-state index is 12.2. The summed E-state index contributed by atoms with van der Waals surface area (Å²) in [7, 11) is 0. The fourth-order valence-corrected chi connectivity index (χ4v) is 2.73. The van der Waals surface area contributed by atoms with E-state index in [0.717, 1.165) is 25.7 Å². The molecule has 1 aromatic carbocycles. The topological polar surface area (TPSA) is 41.1 Å². The molecule has 1 aliphatic carbocycles. The van der Waals surface area contributed by atoms with Crippen LogP contribution in [0.4, 0.5) is 19.3 Å². The first-order chi connectivity index (χ1) is 9.13. The molecule has 1 fully saturated rings. The second-order valence-electron chi connectivity index (χ2n) is 4.49. The monoisotopic (exact) mass is 286 g/mol. The Bertz CT molecular complexity index is 436. The van der Waals surface area contributed by atoms with Crippen molar-refractivity contribution in [1.29, 1.82) is 0 Å². The molecule has 19 heavy (non-hydrogen) atoms. The summed E-state index contributed by atoms with van der Waals surface area (Å²) in [6.45, 7) is 0. The third kappa shape index (κ3) is 4.70. The number of urea groups is 1. The predicted octanol–water partition coefficient (Wildman–Crippen LogP) is 4.07. The van der Waals surface area contributed by atoms with Crippen LogP contribution in [0.2, 0.25) is 0 Å². The lowest BCUT2D eigenvalue weighted by Crippen LogP contribution is -2.36. The minimum absolute atomic E-state index is 0.235. The average molecular weight is 286 g/mol. The molecule has 6 heteroatoms. The molecule has 0 unspecified atom stereocenters. The predicted molar refractivity (Wildman–Crippen MR) is 72.7 cm³/mol. The van der Waals surface area contributed by atoms with Crippen molar-refractivity contribution in [1.82, 2.24) is 5.32 Å². The Hall–Kier alpha value is -1.30. The van der Waals surface area contributed by atoms with Gasteiger partial charge < -0.3 is 10.6 Å². The molecule has 104 valence electrons. The Morgan fingerprint density at radius 2 is 2.05 bits per heavy atom. The Labute approximate surface area is 115 Å². The summed E-state index contributed by atoms with van der Waals surface area (Å²) < 4.78 is 24.5. The molecule has 0 spiro atoms. The molecule has 1 aromatic rings. The molecule has 2 N–H and O–H groups in total. The van der Waals surface area contributed by atoms with E-state index in [9.17, 15) is 13.6 Å². The number of carbonyl (C=O) groups is 1. The zero-order chi connectivity index (χ0) is 13.7. The minimum Gasteiger partial charge on any atom is -0.335 e. The largest absolute Gasteiger partial charge is 0.335 e. The highest BCUT2D eigenvalue weighted by molar-refractivity contribution is 7.99. The zero-order valence-electron chi connectivity index (χ0n) is 10.4. The van der Waals surface area contributed by atoms with Crippen molar-refractivity contribution in [2.24, 2.45) is 0 Å². The number of hydrogen-bond acceptors (Lipinski definition) is 2. The van der Waals surface area contributed by atoms with E-state index in [1.807, 2.05) is 0 Å². The zero-order valence-corrected chi connectivity index (χ0v) is 11.2. The van der Waals surface area contributed by atoms with Gasteiger partial charge in [-0.1, -0.05) is 30.7 Å². The number of rotatable bonds is 4. The molecule has 1 aliphatic rings. The molecule has 0 heterocycles. The molecule has 1 saturated carbocycles. The van der Waals surface area contributed by atoms with E-state index in [-0.39, 0.29) is 12.1 Å². The third-order valence-corrected chi connectivity index (χ3v) is 3.71. The highest BCUT2D eigenvalue weighted by atomic mass is 32.2. The van der Waals surface area contributed by atoms with Crippen molar-refractivity contribution < 1.29 is 13.6 Å². The van der Waals surface area contributed by atoms with Gasteiger partial charge in [0.25, 0.3) is 5.76 Å². The molecular formula is C13H16F2N2OS. The number of alkyl halides is 2. The van der Waals surface area contributed by atoms with E-state index in [1.165, 1.54) is 0 Å². The first-order valence-corrected chi connectivity index (χ1v) is 7.14. The van der Waals surface area contributed by atoms with E-state index in [1.54, 1.807) is 24.3 Å². The van der Waals surface area contributed by atoms with Crippen LogP contribution in [0.1, 0.15) is 25.7 Å². The molecule has 3 nitrogen and oxygen atoms in total. The normalized spacial score (nSPS) is 15.7. The van der Waals surface area contributed by atoms with Crippen LogP contribution in [-0.4, -0.2) is 17.8 Å². The highest BCUT2D eigenvalue weighted by Crippen LogP contribution is 2.27. The lowest BCUT2D eigenvalue weighted by Gasteiger charge is -2.13. The molecule has 0 bridgehead atoms. The van der Waals surface area contributed by atoms with Gasteiger partial charge in [0.05, 0.1) is 0 Å². The van der Waals surface area contributed by atoms with Gasteiger partial charge in [-0.3, -0.25) is 0 Å². The summed E-state index contributed by atoms with van der Waals surface area (Å²) >= 11 is 0.468. The van der Waals surface area contributed by atoms with Gasteiger partial charge in [0.15, 0.2) is 0 Å². The van der Waals surface area contributed by atoms with Crippen LogP contribution in [-0.2, 0) is 0 Å². The third-order valence-electron chi connectivity index (χ3n) is 3.01. The van der Waals surface area contributed by atoms with Gasteiger partial charge in [-0.15, -0.1) is 0 Å². The number of amides is 2. The summed E-state index contributed by atoms with van der Waals surface area (Å²) in [4.78, 5) is 12.2. The molecular weight excluding hydrogens is 270 g/mol. The quantitative estimate of drug-likeness (QED) is 0.819. The standard InChI is InChI=1S/C13H16F2N2OS/c14-12(15)19-11-7-3-6-10(8-11)17-13(18)16-9-4-1-2-5-9/h3,6-9,12H,1-2,4-5H2,(H2,16,17,18). The van der Waals surface area contributed by atoms with Gasteiger partial charge in [0.1, 0.15) is 0 Å². The van der Waals surface area contributed by atoms with Crippen LogP contribution in [0.5, 0.6) is 0 Å². The Morgan fingerprint density at radius 1 is 1.32 bits per heavy atom. The lowest BCUT2D eigenvalue weighted by atomic mass is 10.2. The van der Waals surface area contributed by atoms with Crippen molar-refractivity contribution >= 4 is 23.5 Å². The van der Waals surface area contributed by atoms with Crippen molar-refractivity contribution in [2.75, 3.05) is 5.32 Å². The molecule has 0 aliphatic heterocycles. The Balaban J connectivity index is 1.88. The number of anilines is 1. The molecule has 2 amide bonds. The van der Waals surface area contributed by atoms with Gasteiger partial charge in [-0.05, 0) is 31.0 Å². The van der Waals surface area contributed by atoms with Gasteiger partial charge in [0, 0.05) is 16.6 Å². The molecule has 2 rings (SSSR count). The molecule has 0 atom stereocenters. The Morgan fingerprint density at radius 3 is 2.74 bits per heavy atom. The van der Waals surface area contributed by atoms with Crippen LogP contribution in [0.25, 0.3) is 0 Å². The summed E-state index contributed by atoms with van der Waals surface area (Å²) in [6.07, 6.45) is 4.31. The van der Waals surface area contributed by atoms with Crippen molar-refractivity contribution in [2.45, 2.75) is 42.4 Å². The van der Waals surface area contributed by atoms with E-state index in [4.69, 9.17) is 0 Å². The van der Waals surface area contributed by atoms with Gasteiger partial charge in [-0.2, -0.15) is 8.78 Å². The number of thioether (sulfide) groups is 1. The smallest absolute Gasteiger partial charge is 0.319 e. The van der Waals surface area contributed by atoms with E-state index in [0.29, 0.717) is 22.3 Å². The fraction of sp³-hybridized carbons (Fsp3) is 0.462. The van der Waals surface area contributed by atoms with Crippen LogP contribution in [0, 0.1) is 0 Å². The second kappa shape index (κ2) is 6.75. The van der Waals surface area contributed by atoms with Crippen LogP contribution >= 0.6 is 11.8 Å². The number of carbonyl (C=O) groups excluding carboxylic acids is 1. The van der Waals surface area contributed by atoms with Crippen LogP contribution in [0.15, 0.2) is 29.2 Å². The maximum Gasteiger partial charge on any atom is 0.319 e. The number of nitrogens with one attached hydrogen (secondary N) is 2. The number of hydrogen-bond donors (Lipinski definition) is 2. The molecule has 0 radical (unpaired) electrons. The van der Waals surface area contributed by atoms with Crippen molar-refractivity contribution in [3.05, 3.63) is 24.3 Å². The van der Waals surface area contributed by atoms with Crippen molar-refractivity contribution in [3.8, 4) is 0 Å². The first kappa shape index (κ1) is 14.1. The summed E-state index contributed by atoms with van der Waals surface area (Å²) in [5.74, 6) is -2.46. The molecule has 0 aromatic heterocycles. The second-order valence-corrected chi connectivity index (χ2v) is 5.55. The Kier molecular flexibility index (Phi) is 5.01. The van der Waals surface area contributed by atoms with Gasteiger partial charge in [-0.25, -0.2) is 4.79 Å². The lowest BCUT2D eigenvalue weighted by molar-refractivity contribution is 0.248. The van der Waals surface area contributed by atoms with Crippen LogP contribution < -0.4 is 10.6 Å². The van der Waals surface area contributed by atoms with Crippen LogP contribution in [0.3, 0.4) is 0 Å². The van der Waals surface area contributed by atoms with Gasteiger partial charge >= 0.3 is 6.03 Å².